The molecule has 0 aliphatic carbocycles. The van der Waals surface area contributed by atoms with Crippen LogP contribution in [0.1, 0.15) is 23.5 Å². The molecule has 0 spiro atoms. The molecule has 1 N–H and O–H groups in total. The molecule has 8 heteroatoms. The zero-order valence-electron chi connectivity index (χ0n) is 11.0. The van der Waals surface area contributed by atoms with Gasteiger partial charge in [-0.25, -0.2) is 9.78 Å². The van der Waals surface area contributed by atoms with Gasteiger partial charge in [-0.05, 0) is 19.8 Å². The van der Waals surface area contributed by atoms with Gasteiger partial charge in [0.25, 0.3) is 0 Å². The summed E-state index contributed by atoms with van der Waals surface area (Å²) < 4.78 is 38.0. The van der Waals surface area contributed by atoms with Crippen LogP contribution in [0.25, 0.3) is 0 Å². The third kappa shape index (κ3) is 3.84. The molecule has 2 amide bonds. The number of nitrogens with zero attached hydrogens (tertiary/aromatic N) is 2. The standard InChI is InChI=1S/C12H16F3N3OS/c1-8-17-10(7-20-8)5-16-11(19)18-4-2-3-9(6-18)12(13,14)15/h7,9H,2-6H2,1H3,(H,16,19)/t9-/m0/s1. The molecule has 1 fully saturated rings. The molecule has 1 aromatic rings. The van der Waals surface area contributed by atoms with Crippen molar-refractivity contribution >= 4 is 17.4 Å². The fourth-order valence-electron chi connectivity index (χ4n) is 2.20. The smallest absolute Gasteiger partial charge is 0.332 e. The maximum absolute atomic E-state index is 12.7. The highest BCUT2D eigenvalue weighted by molar-refractivity contribution is 7.09. The Morgan fingerprint density at radius 2 is 2.35 bits per heavy atom. The summed E-state index contributed by atoms with van der Waals surface area (Å²) >= 11 is 1.47. The second-order valence-corrected chi connectivity index (χ2v) is 5.91. The number of carbonyl (C=O) groups excluding carboxylic acids is 1. The number of aromatic nitrogens is 1. The van der Waals surface area contributed by atoms with E-state index in [1.165, 1.54) is 16.2 Å². The van der Waals surface area contributed by atoms with E-state index in [1.54, 1.807) is 0 Å². The molecule has 0 unspecified atom stereocenters. The quantitative estimate of drug-likeness (QED) is 0.913. The normalized spacial score (nSPS) is 20.0. The number of amides is 2. The predicted octanol–water partition coefficient (Wildman–Crippen LogP) is 2.94. The third-order valence-corrected chi connectivity index (χ3v) is 4.08. The van der Waals surface area contributed by atoms with Crippen molar-refractivity contribution in [2.45, 2.75) is 32.5 Å². The van der Waals surface area contributed by atoms with E-state index >= 15 is 0 Å². The van der Waals surface area contributed by atoms with E-state index in [2.05, 4.69) is 10.3 Å². The predicted molar refractivity (Wildman–Crippen MR) is 69.4 cm³/mol. The summed E-state index contributed by atoms with van der Waals surface area (Å²) in [5, 5.41) is 5.33. The number of piperidine rings is 1. The first-order chi connectivity index (χ1) is 9.36. The number of nitrogens with one attached hydrogen (secondary N) is 1. The van der Waals surface area contributed by atoms with Crippen LogP contribution >= 0.6 is 11.3 Å². The van der Waals surface area contributed by atoms with Crippen LogP contribution in [-0.4, -0.2) is 35.2 Å². The molecule has 2 rings (SSSR count). The Morgan fingerprint density at radius 3 is 2.95 bits per heavy atom. The zero-order valence-corrected chi connectivity index (χ0v) is 11.9. The molecular formula is C12H16F3N3OS. The molecular weight excluding hydrogens is 291 g/mol. The van der Waals surface area contributed by atoms with E-state index in [4.69, 9.17) is 0 Å². The molecule has 0 radical (unpaired) electrons. The molecule has 1 aliphatic heterocycles. The lowest BCUT2D eigenvalue weighted by Crippen LogP contribution is -2.48. The highest BCUT2D eigenvalue weighted by atomic mass is 32.1. The van der Waals surface area contributed by atoms with Crippen molar-refractivity contribution in [2.24, 2.45) is 5.92 Å². The molecule has 20 heavy (non-hydrogen) atoms. The van der Waals surface area contributed by atoms with Gasteiger partial charge in [-0.1, -0.05) is 0 Å². The number of halogens is 3. The lowest BCUT2D eigenvalue weighted by molar-refractivity contribution is -0.184. The third-order valence-electron chi connectivity index (χ3n) is 3.26. The van der Waals surface area contributed by atoms with Crippen molar-refractivity contribution < 1.29 is 18.0 Å². The Kier molecular flexibility index (Phi) is 4.52. The second kappa shape index (κ2) is 5.99. The van der Waals surface area contributed by atoms with Gasteiger partial charge in [0, 0.05) is 18.5 Å². The van der Waals surface area contributed by atoms with Crippen molar-refractivity contribution in [2.75, 3.05) is 13.1 Å². The largest absolute Gasteiger partial charge is 0.393 e. The Hall–Kier alpha value is -1.31. The number of thiazole rings is 1. The number of hydrogen-bond donors (Lipinski definition) is 1. The average Bonchev–Trinajstić information content (AvgIpc) is 2.81. The van der Waals surface area contributed by atoms with Crippen LogP contribution in [0.2, 0.25) is 0 Å². The Balaban J connectivity index is 1.86. The minimum absolute atomic E-state index is 0.0958. The number of aryl methyl sites for hydroxylation is 1. The van der Waals surface area contributed by atoms with Gasteiger partial charge < -0.3 is 10.2 Å². The Morgan fingerprint density at radius 1 is 1.60 bits per heavy atom. The summed E-state index contributed by atoms with van der Waals surface area (Å²) in [4.78, 5) is 17.3. The van der Waals surface area contributed by atoms with Gasteiger partial charge in [0.2, 0.25) is 0 Å². The van der Waals surface area contributed by atoms with Crippen LogP contribution in [0.15, 0.2) is 5.38 Å². The van der Waals surface area contributed by atoms with Crippen LogP contribution in [0.3, 0.4) is 0 Å². The molecule has 1 saturated heterocycles. The maximum atomic E-state index is 12.7. The maximum Gasteiger partial charge on any atom is 0.393 e. The van der Waals surface area contributed by atoms with Crippen LogP contribution in [-0.2, 0) is 6.54 Å². The first-order valence-corrected chi connectivity index (χ1v) is 7.24. The molecule has 1 aliphatic rings. The van der Waals surface area contributed by atoms with E-state index in [1.807, 2.05) is 12.3 Å². The first kappa shape index (κ1) is 15.1. The molecule has 0 bridgehead atoms. The summed E-state index contributed by atoms with van der Waals surface area (Å²) in [6.45, 7) is 2.21. The second-order valence-electron chi connectivity index (χ2n) is 4.84. The van der Waals surface area contributed by atoms with E-state index in [-0.39, 0.29) is 19.5 Å². The minimum atomic E-state index is -4.23. The van der Waals surface area contributed by atoms with Crippen LogP contribution in [0.4, 0.5) is 18.0 Å². The molecule has 1 atom stereocenters. The van der Waals surface area contributed by atoms with Crippen LogP contribution in [0, 0.1) is 12.8 Å². The fraction of sp³-hybridized carbons (Fsp3) is 0.667. The van der Waals surface area contributed by atoms with Gasteiger partial charge >= 0.3 is 12.2 Å². The minimum Gasteiger partial charge on any atom is -0.332 e. The lowest BCUT2D eigenvalue weighted by Gasteiger charge is -2.33. The van der Waals surface area contributed by atoms with E-state index in [9.17, 15) is 18.0 Å². The van der Waals surface area contributed by atoms with Crippen molar-refractivity contribution in [3.05, 3.63) is 16.1 Å². The molecule has 0 saturated carbocycles. The van der Waals surface area contributed by atoms with Crippen molar-refractivity contribution in [3.8, 4) is 0 Å². The molecule has 0 aromatic carbocycles. The van der Waals surface area contributed by atoms with Crippen molar-refractivity contribution in [3.63, 3.8) is 0 Å². The van der Waals surface area contributed by atoms with E-state index in [0.29, 0.717) is 13.0 Å². The summed E-state index contributed by atoms with van der Waals surface area (Å²) in [5.41, 5.74) is 0.727. The van der Waals surface area contributed by atoms with Gasteiger partial charge in [-0.15, -0.1) is 11.3 Å². The SMILES string of the molecule is Cc1nc(CNC(=O)N2CCC[C@H](C(F)(F)F)C2)cs1. The summed E-state index contributed by atoms with van der Waals surface area (Å²) in [7, 11) is 0. The lowest BCUT2D eigenvalue weighted by atomic mass is 9.98. The highest BCUT2D eigenvalue weighted by Crippen LogP contribution is 2.33. The summed E-state index contributed by atoms with van der Waals surface area (Å²) in [6.07, 6.45) is -3.75. The molecule has 1 aromatic heterocycles. The zero-order chi connectivity index (χ0) is 14.8. The molecule has 2 heterocycles. The number of likely N-dealkylation sites (tertiary alicyclic amines) is 1. The van der Waals surface area contributed by atoms with Gasteiger partial charge in [0.05, 0.1) is 23.2 Å². The Labute approximate surface area is 119 Å². The number of rotatable bonds is 2. The number of carbonyl (C=O) groups is 1. The summed E-state index contributed by atoms with van der Waals surface area (Å²) in [6, 6.07) is -0.454. The molecule has 4 nitrogen and oxygen atoms in total. The number of hydrogen-bond acceptors (Lipinski definition) is 3. The number of urea groups is 1. The van der Waals surface area contributed by atoms with Crippen LogP contribution < -0.4 is 5.32 Å². The van der Waals surface area contributed by atoms with Crippen molar-refractivity contribution in [1.82, 2.24) is 15.2 Å². The van der Waals surface area contributed by atoms with Gasteiger partial charge in [-0.2, -0.15) is 13.2 Å². The molecule has 112 valence electrons. The van der Waals surface area contributed by atoms with Crippen molar-refractivity contribution in [1.29, 1.82) is 0 Å². The monoisotopic (exact) mass is 307 g/mol. The number of alkyl halides is 3. The van der Waals surface area contributed by atoms with E-state index in [0.717, 1.165) is 10.7 Å². The van der Waals surface area contributed by atoms with Gasteiger partial charge in [0.15, 0.2) is 0 Å². The highest BCUT2D eigenvalue weighted by Gasteiger charge is 2.42. The Bertz CT molecular complexity index is 475. The summed E-state index contributed by atoms with van der Waals surface area (Å²) in [5.74, 6) is -1.41. The van der Waals surface area contributed by atoms with Crippen LogP contribution in [0.5, 0.6) is 0 Å². The van der Waals surface area contributed by atoms with Gasteiger partial charge in [-0.3, -0.25) is 0 Å². The topological polar surface area (TPSA) is 45.2 Å². The van der Waals surface area contributed by atoms with Gasteiger partial charge in [0.1, 0.15) is 0 Å². The average molecular weight is 307 g/mol. The fourth-order valence-corrected chi connectivity index (χ4v) is 2.81. The van der Waals surface area contributed by atoms with E-state index < -0.39 is 18.1 Å². The first-order valence-electron chi connectivity index (χ1n) is 6.37.